The number of rotatable bonds is 9. The van der Waals surface area contributed by atoms with E-state index < -0.39 is 27.6 Å². The summed E-state index contributed by atoms with van der Waals surface area (Å²) in [5.41, 5.74) is -2.91. The number of hydrogen-bond donors (Lipinski definition) is 0. The number of ketones is 3. The molecule has 0 aromatic carbocycles. The van der Waals surface area contributed by atoms with E-state index in [0.29, 0.717) is 61.6 Å². The van der Waals surface area contributed by atoms with E-state index in [1.54, 1.807) is 0 Å². The van der Waals surface area contributed by atoms with Crippen molar-refractivity contribution in [3.05, 3.63) is 0 Å². The Morgan fingerprint density at radius 2 is 1.15 bits per heavy atom. The molecule has 13 rings (SSSR count). The van der Waals surface area contributed by atoms with Crippen LogP contribution < -0.4 is 0 Å². The summed E-state index contributed by atoms with van der Waals surface area (Å²) in [5.74, 6) is 1.10. The average molecular weight is 735 g/mol. The van der Waals surface area contributed by atoms with Crippen molar-refractivity contribution in [3.63, 3.8) is 0 Å². The predicted octanol–water partition coefficient (Wildman–Crippen LogP) is 5.80. The Bertz CT molecular complexity index is 1490. The lowest BCUT2D eigenvalue weighted by Crippen LogP contribution is -2.69. The molecule has 12 saturated carbocycles. The highest BCUT2D eigenvalue weighted by Gasteiger charge is 2.67. The number of carbonyl (C=O) groups excluding carboxylic acids is 5. The summed E-state index contributed by atoms with van der Waals surface area (Å²) in [6, 6.07) is 0. The fourth-order valence-corrected chi connectivity index (χ4v) is 14.8. The van der Waals surface area contributed by atoms with Gasteiger partial charge in [-0.05, 0) is 135 Å². The molecule has 12 bridgehead atoms. The van der Waals surface area contributed by atoms with Crippen LogP contribution in [0.25, 0.3) is 0 Å². The minimum atomic E-state index is -1.15. The van der Waals surface area contributed by atoms with Gasteiger partial charge in [0.15, 0.2) is 11.6 Å². The minimum absolute atomic E-state index is 0.00863. The Morgan fingerprint density at radius 3 is 1.70 bits per heavy atom. The summed E-state index contributed by atoms with van der Waals surface area (Å²) in [7, 11) is 0. The van der Waals surface area contributed by atoms with Crippen LogP contribution in [0.2, 0.25) is 0 Å². The first-order valence-corrected chi connectivity index (χ1v) is 21.0. The van der Waals surface area contributed by atoms with E-state index in [4.69, 9.17) is 23.7 Å². The first-order chi connectivity index (χ1) is 25.1. The Balaban J connectivity index is 0.862. The molecule has 0 aromatic heterocycles. The molecule has 0 radical (unpaired) electrons. The molecule has 1 spiro atoms. The summed E-state index contributed by atoms with van der Waals surface area (Å²) in [6.45, 7) is 6.20. The molecule has 53 heavy (non-hydrogen) atoms. The second-order valence-corrected chi connectivity index (χ2v) is 21.5. The lowest BCUT2D eigenvalue weighted by molar-refractivity contribution is -0.401. The molecule has 1 saturated heterocycles. The second kappa shape index (κ2) is 11.7. The van der Waals surface area contributed by atoms with Crippen LogP contribution in [-0.2, 0) is 47.7 Å². The quantitative estimate of drug-likeness (QED) is 0.268. The molecule has 0 aromatic rings. The third kappa shape index (κ3) is 5.43. The highest BCUT2D eigenvalue weighted by Crippen LogP contribution is 2.66. The SMILES string of the molecule is CC(C)(C)C(=O)OCC12CC3CC(C1)C1(OCC(COC(=O)C45CC6CC(C4)C(=O)C(C6)C5)(OCC(=O)C45CC6CC(C4)C(=O)C(C6)C5)CO1)C(C3)C2. The van der Waals surface area contributed by atoms with Crippen LogP contribution in [0.15, 0.2) is 0 Å². The Morgan fingerprint density at radius 1 is 0.642 bits per heavy atom. The predicted molar refractivity (Wildman–Crippen MR) is 188 cm³/mol. The molecule has 6 unspecified atom stereocenters. The Hall–Kier alpha value is -2.17. The average Bonchev–Trinajstić information content (AvgIpc) is 3.11. The Kier molecular flexibility index (Phi) is 7.77. The molecule has 0 amide bonds. The van der Waals surface area contributed by atoms with Gasteiger partial charge in [0.2, 0.25) is 0 Å². The first-order valence-electron chi connectivity index (χ1n) is 21.0. The summed E-state index contributed by atoms with van der Waals surface area (Å²) in [4.78, 5) is 66.8. The lowest BCUT2D eigenvalue weighted by atomic mass is 9.47. The fourth-order valence-electron chi connectivity index (χ4n) is 14.8. The third-order valence-electron chi connectivity index (χ3n) is 16.7. The fraction of sp³-hybridized carbons (Fsp3) is 0.884. The van der Waals surface area contributed by atoms with Crippen LogP contribution in [0.4, 0.5) is 0 Å². The monoisotopic (exact) mass is 734 g/mol. The van der Waals surface area contributed by atoms with Gasteiger partial charge in [0, 0.05) is 46.3 Å². The van der Waals surface area contributed by atoms with Gasteiger partial charge in [-0.25, -0.2) is 0 Å². The summed E-state index contributed by atoms with van der Waals surface area (Å²) in [5, 5.41) is 0. The van der Waals surface area contributed by atoms with Crippen molar-refractivity contribution in [1.82, 2.24) is 0 Å². The largest absolute Gasteiger partial charge is 0.465 e. The van der Waals surface area contributed by atoms with Gasteiger partial charge in [0.25, 0.3) is 0 Å². The van der Waals surface area contributed by atoms with Crippen molar-refractivity contribution in [1.29, 1.82) is 0 Å². The zero-order valence-electron chi connectivity index (χ0n) is 31.9. The van der Waals surface area contributed by atoms with Gasteiger partial charge in [-0.3, -0.25) is 24.0 Å². The molecular weight excluding hydrogens is 676 g/mol. The molecule has 10 heteroatoms. The summed E-state index contributed by atoms with van der Waals surface area (Å²) >= 11 is 0. The van der Waals surface area contributed by atoms with E-state index in [9.17, 15) is 24.0 Å². The van der Waals surface area contributed by atoms with Gasteiger partial charge in [-0.1, -0.05) is 0 Å². The maximum Gasteiger partial charge on any atom is 0.312 e. The van der Waals surface area contributed by atoms with Crippen molar-refractivity contribution >= 4 is 29.3 Å². The molecule has 1 aliphatic heterocycles. The molecule has 1 heterocycles. The molecule has 6 atom stereocenters. The van der Waals surface area contributed by atoms with Gasteiger partial charge in [0.1, 0.15) is 30.4 Å². The standard InChI is InChI=1S/C43H58O10/c1-38(2,3)36(47)49-20-39-10-26-8-31(17-39)43(32(9-26)18-39)52-22-42(23-53-43,21-50-37(48)41-12-25-6-29(15-41)35(46)30(7-25)16-41)51-19-33(44)40-11-24-4-27(13-40)34(45)28(5-24)14-40/h24-32H,4-23H2,1-3H3. The van der Waals surface area contributed by atoms with Crippen LogP contribution in [-0.4, -0.2) is 73.7 Å². The molecule has 10 nitrogen and oxygen atoms in total. The van der Waals surface area contributed by atoms with Gasteiger partial charge >= 0.3 is 11.9 Å². The lowest BCUT2D eigenvalue weighted by Gasteiger charge is -2.65. The first kappa shape index (κ1) is 35.3. The van der Waals surface area contributed by atoms with E-state index in [2.05, 4.69) is 0 Å². The van der Waals surface area contributed by atoms with Gasteiger partial charge in [-0.2, -0.15) is 0 Å². The van der Waals surface area contributed by atoms with Crippen molar-refractivity contribution < 1.29 is 47.7 Å². The number of carbonyl (C=O) groups is 5. The number of ether oxygens (including phenoxy) is 5. The van der Waals surface area contributed by atoms with Crippen molar-refractivity contribution in [3.8, 4) is 0 Å². The highest BCUT2D eigenvalue weighted by molar-refractivity contribution is 5.93. The summed E-state index contributed by atoms with van der Waals surface area (Å²) < 4.78 is 32.7. The zero-order chi connectivity index (χ0) is 36.8. The van der Waals surface area contributed by atoms with Crippen LogP contribution >= 0.6 is 0 Å². The van der Waals surface area contributed by atoms with Gasteiger partial charge < -0.3 is 23.7 Å². The molecule has 0 N–H and O–H groups in total. The number of hydrogen-bond acceptors (Lipinski definition) is 10. The van der Waals surface area contributed by atoms with E-state index in [1.807, 2.05) is 20.8 Å². The van der Waals surface area contributed by atoms with Crippen molar-refractivity contribution in [2.75, 3.05) is 33.0 Å². The van der Waals surface area contributed by atoms with Crippen LogP contribution in [0, 0.1) is 74.9 Å². The van der Waals surface area contributed by atoms with Gasteiger partial charge in [0.05, 0.1) is 30.7 Å². The maximum atomic E-state index is 14.2. The van der Waals surface area contributed by atoms with E-state index in [0.717, 1.165) is 70.6 Å². The smallest absolute Gasteiger partial charge is 0.312 e. The molecule has 13 aliphatic rings. The number of Topliss-reactive ketones (excluding diaryl/α,β-unsaturated/α-hetero) is 3. The summed E-state index contributed by atoms with van der Waals surface area (Å²) in [6.07, 6.45) is 12.4. The minimum Gasteiger partial charge on any atom is -0.465 e. The number of esters is 2. The van der Waals surface area contributed by atoms with E-state index in [-0.39, 0.29) is 85.1 Å². The van der Waals surface area contributed by atoms with Crippen molar-refractivity contribution in [2.45, 2.75) is 128 Å². The Labute approximate surface area is 312 Å². The van der Waals surface area contributed by atoms with Crippen LogP contribution in [0.1, 0.15) is 117 Å². The third-order valence-corrected chi connectivity index (χ3v) is 16.7. The maximum absolute atomic E-state index is 14.2. The van der Waals surface area contributed by atoms with Crippen molar-refractivity contribution in [2.24, 2.45) is 74.9 Å². The molecule has 290 valence electrons. The molecular formula is C43H58O10. The van der Waals surface area contributed by atoms with Crippen LogP contribution in [0.5, 0.6) is 0 Å². The second-order valence-electron chi connectivity index (χ2n) is 21.5. The van der Waals surface area contributed by atoms with Crippen LogP contribution in [0.3, 0.4) is 0 Å². The van der Waals surface area contributed by atoms with E-state index >= 15 is 0 Å². The van der Waals surface area contributed by atoms with E-state index in [1.165, 1.54) is 0 Å². The highest BCUT2D eigenvalue weighted by atomic mass is 16.7. The molecule has 13 fully saturated rings. The molecule has 12 aliphatic carbocycles. The van der Waals surface area contributed by atoms with Gasteiger partial charge in [-0.15, -0.1) is 0 Å². The zero-order valence-corrected chi connectivity index (χ0v) is 31.9. The topological polar surface area (TPSA) is 132 Å². The normalized spacial score (nSPS) is 49.9.